The molecule has 1 unspecified atom stereocenters. The van der Waals surface area contributed by atoms with Crippen LogP contribution in [0.25, 0.3) is 0 Å². The lowest BCUT2D eigenvalue weighted by Crippen LogP contribution is -2.47. The van der Waals surface area contributed by atoms with E-state index in [0.717, 1.165) is 32.4 Å². The molecule has 162 valence electrons. The zero-order valence-electron chi connectivity index (χ0n) is 16.7. The average molecular weight is 527 g/mol. The number of hydrogen-bond donors (Lipinski definition) is 2. The van der Waals surface area contributed by atoms with E-state index >= 15 is 0 Å². The van der Waals surface area contributed by atoms with Gasteiger partial charge in [-0.1, -0.05) is 19.3 Å². The second-order valence-electron chi connectivity index (χ2n) is 7.82. The predicted molar refractivity (Wildman–Crippen MR) is 121 cm³/mol. The van der Waals surface area contributed by atoms with E-state index in [0.29, 0.717) is 37.9 Å². The zero-order chi connectivity index (χ0) is 19.3. The van der Waals surface area contributed by atoms with Crippen molar-refractivity contribution in [2.24, 2.45) is 10.9 Å². The van der Waals surface area contributed by atoms with Crippen LogP contribution in [0.4, 0.5) is 0 Å². The van der Waals surface area contributed by atoms with E-state index in [2.05, 4.69) is 15.6 Å². The van der Waals surface area contributed by atoms with Crippen molar-refractivity contribution < 1.29 is 13.2 Å². The molecule has 1 atom stereocenters. The van der Waals surface area contributed by atoms with Crippen LogP contribution >= 0.6 is 24.0 Å². The number of hydrogen-bond acceptors (Lipinski definition) is 4. The van der Waals surface area contributed by atoms with E-state index in [9.17, 15) is 13.2 Å². The molecule has 0 aromatic rings. The summed E-state index contributed by atoms with van der Waals surface area (Å²) in [4.78, 5) is 18.9. The fourth-order valence-corrected chi connectivity index (χ4v) is 5.84. The first-order valence-corrected chi connectivity index (χ1v) is 11.8. The van der Waals surface area contributed by atoms with Crippen LogP contribution in [-0.2, 0) is 14.8 Å². The van der Waals surface area contributed by atoms with Gasteiger partial charge in [0.05, 0.1) is 5.75 Å². The highest BCUT2D eigenvalue weighted by atomic mass is 127. The molecule has 1 amide bonds. The van der Waals surface area contributed by atoms with E-state index in [4.69, 9.17) is 0 Å². The van der Waals surface area contributed by atoms with Crippen molar-refractivity contribution >= 4 is 45.9 Å². The molecule has 8 nitrogen and oxygen atoms in total. The Morgan fingerprint density at radius 1 is 1.11 bits per heavy atom. The Morgan fingerprint density at radius 2 is 1.86 bits per heavy atom. The van der Waals surface area contributed by atoms with Crippen molar-refractivity contribution in [2.75, 3.05) is 45.5 Å². The van der Waals surface area contributed by atoms with Gasteiger partial charge in [0.15, 0.2) is 5.96 Å². The number of sulfonamides is 1. The van der Waals surface area contributed by atoms with E-state index in [-0.39, 0.29) is 41.7 Å². The molecule has 2 saturated heterocycles. The first kappa shape index (κ1) is 23.7. The van der Waals surface area contributed by atoms with Crippen molar-refractivity contribution in [3.05, 3.63) is 0 Å². The second-order valence-corrected chi connectivity index (χ2v) is 9.91. The van der Waals surface area contributed by atoms with Gasteiger partial charge in [0, 0.05) is 51.7 Å². The number of carbonyl (C=O) groups excluding carboxylic acids is 1. The molecular formula is C18H34IN5O3S. The molecule has 0 spiro atoms. The molecular weight excluding hydrogens is 493 g/mol. The first-order valence-electron chi connectivity index (χ1n) is 10.2. The van der Waals surface area contributed by atoms with Crippen LogP contribution in [0.3, 0.4) is 0 Å². The normalized spacial score (nSPS) is 26.1. The van der Waals surface area contributed by atoms with Gasteiger partial charge in [-0.15, -0.1) is 24.0 Å². The molecule has 3 rings (SSSR count). The summed E-state index contributed by atoms with van der Waals surface area (Å²) in [5, 5.41) is 6.57. The number of nitrogens with zero attached hydrogens (tertiary/aromatic N) is 3. The maximum Gasteiger partial charge on any atom is 0.225 e. The van der Waals surface area contributed by atoms with E-state index in [1.165, 1.54) is 23.6 Å². The van der Waals surface area contributed by atoms with Crippen molar-refractivity contribution in [1.29, 1.82) is 0 Å². The predicted octanol–water partition coefficient (Wildman–Crippen LogP) is 0.986. The van der Waals surface area contributed by atoms with Gasteiger partial charge in [-0.25, -0.2) is 12.7 Å². The molecule has 10 heteroatoms. The van der Waals surface area contributed by atoms with Gasteiger partial charge in [0.25, 0.3) is 0 Å². The molecule has 0 aromatic heterocycles. The molecule has 2 heterocycles. The smallest absolute Gasteiger partial charge is 0.225 e. The number of halogens is 1. The number of amides is 1. The number of rotatable bonds is 5. The molecule has 3 fully saturated rings. The zero-order valence-corrected chi connectivity index (χ0v) is 19.9. The van der Waals surface area contributed by atoms with Gasteiger partial charge in [-0.2, -0.15) is 0 Å². The van der Waals surface area contributed by atoms with Crippen LogP contribution in [0.2, 0.25) is 0 Å². The third-order valence-electron chi connectivity index (χ3n) is 5.88. The van der Waals surface area contributed by atoms with Crippen LogP contribution in [0, 0.1) is 5.92 Å². The Kier molecular flexibility index (Phi) is 9.26. The summed E-state index contributed by atoms with van der Waals surface area (Å²) in [6.45, 7) is 3.11. The third kappa shape index (κ3) is 6.19. The van der Waals surface area contributed by atoms with Crippen LogP contribution in [0.15, 0.2) is 4.99 Å². The van der Waals surface area contributed by atoms with Crippen LogP contribution in [0.5, 0.6) is 0 Å². The number of carbonyl (C=O) groups is 1. The maximum absolute atomic E-state index is 12.7. The largest absolute Gasteiger partial charge is 0.355 e. The fourth-order valence-electron chi connectivity index (χ4n) is 4.32. The number of nitrogens with one attached hydrogen (secondary N) is 2. The molecule has 0 aromatic carbocycles. The van der Waals surface area contributed by atoms with Crippen molar-refractivity contribution in [2.45, 2.75) is 51.0 Å². The molecule has 28 heavy (non-hydrogen) atoms. The minimum Gasteiger partial charge on any atom is -0.355 e. The monoisotopic (exact) mass is 527 g/mol. The highest BCUT2D eigenvalue weighted by molar-refractivity contribution is 14.0. The molecule has 2 N–H and O–H groups in total. The summed E-state index contributed by atoms with van der Waals surface area (Å²) in [5.41, 5.74) is 0. The molecule has 1 saturated carbocycles. The molecule has 1 aliphatic carbocycles. The quantitative estimate of drug-likeness (QED) is 0.316. The lowest BCUT2D eigenvalue weighted by Gasteiger charge is -2.26. The highest BCUT2D eigenvalue weighted by Crippen LogP contribution is 2.26. The Morgan fingerprint density at radius 3 is 2.50 bits per heavy atom. The van der Waals surface area contributed by atoms with Crippen LogP contribution < -0.4 is 10.6 Å². The van der Waals surface area contributed by atoms with Gasteiger partial charge < -0.3 is 15.5 Å². The molecule has 0 radical (unpaired) electrons. The number of likely N-dealkylation sites (tertiary alicyclic amines) is 1. The molecule has 0 bridgehead atoms. The van der Waals surface area contributed by atoms with E-state index in [1.54, 1.807) is 7.05 Å². The lowest BCUT2D eigenvalue weighted by molar-refractivity contribution is -0.135. The third-order valence-corrected chi connectivity index (χ3v) is 7.83. The Hall–Kier alpha value is -0.620. The number of guanidine groups is 1. The topological polar surface area (TPSA) is 94.1 Å². The molecule has 2 aliphatic heterocycles. The Balaban J connectivity index is 0.00000280. The summed E-state index contributed by atoms with van der Waals surface area (Å²) < 4.78 is 25.2. The Bertz CT molecular complexity index is 652. The summed E-state index contributed by atoms with van der Waals surface area (Å²) in [7, 11) is -1.34. The fraction of sp³-hybridized carbons (Fsp3) is 0.889. The van der Waals surface area contributed by atoms with Gasteiger partial charge >= 0.3 is 0 Å². The standard InChI is InChI=1S/C18H33N5O3S.HI/c1-19-18(20-9-12-23-10-5-13-27(23,25)26)21-16-8-11-22(14-16)17(24)15-6-3-2-4-7-15;/h15-16H,2-14H2,1H3,(H2,19,20,21);1H. The Labute approximate surface area is 186 Å². The van der Waals surface area contributed by atoms with Crippen molar-refractivity contribution in [3.8, 4) is 0 Å². The van der Waals surface area contributed by atoms with Crippen molar-refractivity contribution in [3.63, 3.8) is 0 Å². The minimum atomic E-state index is -3.05. The first-order chi connectivity index (χ1) is 13.0. The maximum atomic E-state index is 12.7. The van der Waals surface area contributed by atoms with Crippen LogP contribution in [-0.4, -0.2) is 81.1 Å². The summed E-state index contributed by atoms with van der Waals surface area (Å²) in [6, 6.07) is 0.194. The van der Waals surface area contributed by atoms with Gasteiger partial charge in [-0.05, 0) is 25.7 Å². The van der Waals surface area contributed by atoms with Gasteiger partial charge in [-0.3, -0.25) is 9.79 Å². The summed E-state index contributed by atoms with van der Waals surface area (Å²) >= 11 is 0. The number of aliphatic imine (C=N–C) groups is 1. The van der Waals surface area contributed by atoms with E-state index < -0.39 is 10.0 Å². The molecule has 3 aliphatic rings. The summed E-state index contributed by atoms with van der Waals surface area (Å²) in [6.07, 6.45) is 7.31. The highest BCUT2D eigenvalue weighted by Gasteiger charge is 2.32. The van der Waals surface area contributed by atoms with Gasteiger partial charge in [0.2, 0.25) is 15.9 Å². The van der Waals surface area contributed by atoms with Crippen molar-refractivity contribution in [1.82, 2.24) is 19.8 Å². The van der Waals surface area contributed by atoms with Crippen LogP contribution in [0.1, 0.15) is 44.9 Å². The lowest BCUT2D eigenvalue weighted by atomic mass is 9.88. The SMILES string of the molecule is CN=C(NCCN1CCCS1(=O)=O)NC1CCN(C(=O)C2CCCCC2)C1.I. The van der Waals surface area contributed by atoms with Gasteiger partial charge in [0.1, 0.15) is 0 Å². The second kappa shape index (κ2) is 11.0. The summed E-state index contributed by atoms with van der Waals surface area (Å²) in [5.74, 6) is 1.47. The average Bonchev–Trinajstić information content (AvgIpc) is 3.27. The van der Waals surface area contributed by atoms with E-state index in [1.807, 2.05) is 4.90 Å². The minimum absolute atomic E-state index is 0.